The molecule has 1 fully saturated rings. The van der Waals surface area contributed by atoms with Crippen LogP contribution in [0.3, 0.4) is 0 Å². The Hall–Kier alpha value is -2.86. The number of aromatic nitrogens is 2. The standard InChI is InChI=1S/C22H23Cl2N5O5S/c1-33-18-8-14-17(9-19(18)34-7-3-4-13-10-35(31,32)12-27-13)25-11-26-21(14)29-22(30)28-20-15(23)5-2-6-16(20)24/h2,5-6,8-9,11,13,27H,3-4,7,10,12H2,1H3,(H2,25,26,28,29,30). The van der Waals surface area contributed by atoms with E-state index in [1.165, 1.54) is 13.4 Å². The molecule has 2 amide bonds. The summed E-state index contributed by atoms with van der Waals surface area (Å²) in [6, 6.07) is 7.63. The highest BCUT2D eigenvalue weighted by atomic mass is 35.5. The third-order valence-electron chi connectivity index (χ3n) is 5.36. The number of ether oxygens (including phenoxy) is 2. The van der Waals surface area contributed by atoms with Crippen molar-refractivity contribution >= 4 is 61.5 Å². The molecule has 0 aliphatic carbocycles. The van der Waals surface area contributed by atoms with E-state index in [-0.39, 0.29) is 29.2 Å². The predicted molar refractivity (Wildman–Crippen MR) is 135 cm³/mol. The van der Waals surface area contributed by atoms with Gasteiger partial charge in [-0.25, -0.2) is 23.2 Å². The minimum absolute atomic E-state index is 0.0244. The highest BCUT2D eigenvalue weighted by molar-refractivity contribution is 7.91. The van der Waals surface area contributed by atoms with Gasteiger partial charge in [0, 0.05) is 17.5 Å². The van der Waals surface area contributed by atoms with Crippen LogP contribution in [0.25, 0.3) is 10.9 Å². The summed E-state index contributed by atoms with van der Waals surface area (Å²) in [6.07, 6.45) is 2.66. The summed E-state index contributed by atoms with van der Waals surface area (Å²) in [6.45, 7) is 0.372. The number of hydrogen-bond donors (Lipinski definition) is 3. The van der Waals surface area contributed by atoms with Crippen LogP contribution >= 0.6 is 23.2 Å². The van der Waals surface area contributed by atoms with Gasteiger partial charge in [-0.2, -0.15) is 0 Å². The minimum Gasteiger partial charge on any atom is -0.493 e. The lowest BCUT2D eigenvalue weighted by Crippen LogP contribution is -2.23. The lowest BCUT2D eigenvalue weighted by molar-refractivity contribution is 0.262. The van der Waals surface area contributed by atoms with Gasteiger partial charge < -0.3 is 14.8 Å². The third kappa shape index (κ3) is 6.23. The van der Waals surface area contributed by atoms with E-state index in [0.29, 0.717) is 51.9 Å². The molecule has 0 bridgehead atoms. The van der Waals surface area contributed by atoms with Crippen molar-refractivity contribution in [2.24, 2.45) is 0 Å². The average Bonchev–Trinajstić information content (AvgIpc) is 3.17. The number of carbonyl (C=O) groups excluding carboxylic acids is 1. The van der Waals surface area contributed by atoms with Crippen molar-refractivity contribution in [2.45, 2.75) is 18.9 Å². The number of rotatable bonds is 8. The number of carbonyl (C=O) groups is 1. The van der Waals surface area contributed by atoms with Crippen LogP contribution in [0.15, 0.2) is 36.7 Å². The SMILES string of the molecule is COc1cc2c(NC(=O)Nc3c(Cl)cccc3Cl)ncnc2cc1OCCCC1CS(=O)(=O)CN1. The first-order valence-electron chi connectivity index (χ1n) is 10.7. The zero-order valence-corrected chi connectivity index (χ0v) is 21.0. The van der Waals surface area contributed by atoms with Crippen LogP contribution in [0, 0.1) is 0 Å². The molecule has 0 spiro atoms. The Balaban J connectivity index is 1.44. The van der Waals surface area contributed by atoms with Crippen molar-refractivity contribution in [3.63, 3.8) is 0 Å². The van der Waals surface area contributed by atoms with Crippen LogP contribution in [0.4, 0.5) is 16.3 Å². The van der Waals surface area contributed by atoms with E-state index in [1.54, 1.807) is 30.3 Å². The van der Waals surface area contributed by atoms with E-state index >= 15 is 0 Å². The topological polar surface area (TPSA) is 132 Å². The van der Waals surface area contributed by atoms with Gasteiger partial charge in [-0.05, 0) is 31.0 Å². The lowest BCUT2D eigenvalue weighted by atomic mass is 10.2. The molecule has 35 heavy (non-hydrogen) atoms. The molecular formula is C22H23Cl2N5O5S. The quantitative estimate of drug-likeness (QED) is 0.364. The van der Waals surface area contributed by atoms with Gasteiger partial charge in [0.15, 0.2) is 21.3 Å². The van der Waals surface area contributed by atoms with E-state index in [0.717, 1.165) is 0 Å². The van der Waals surface area contributed by atoms with Crippen LogP contribution in [0.1, 0.15) is 12.8 Å². The Morgan fingerprint density at radius 3 is 2.63 bits per heavy atom. The molecule has 1 unspecified atom stereocenters. The molecule has 1 aliphatic rings. The Bertz CT molecular complexity index is 1340. The zero-order valence-electron chi connectivity index (χ0n) is 18.7. The number of amides is 2. The third-order valence-corrected chi connectivity index (χ3v) is 7.50. The highest BCUT2D eigenvalue weighted by Gasteiger charge is 2.26. The number of nitrogens with zero attached hydrogens (tertiary/aromatic N) is 2. The van der Waals surface area contributed by atoms with Crippen LogP contribution in [0.2, 0.25) is 10.0 Å². The number of benzene rings is 2. The number of methoxy groups -OCH3 is 1. The van der Waals surface area contributed by atoms with Gasteiger partial charge in [-0.3, -0.25) is 10.6 Å². The monoisotopic (exact) mass is 539 g/mol. The number of urea groups is 1. The minimum atomic E-state index is -2.99. The molecule has 3 aromatic rings. The Labute approximate surface area is 212 Å². The van der Waals surface area contributed by atoms with E-state index in [9.17, 15) is 13.2 Å². The molecule has 186 valence electrons. The molecule has 13 heteroatoms. The first kappa shape index (κ1) is 25.2. The molecule has 1 atom stereocenters. The van der Waals surface area contributed by atoms with Crippen molar-refractivity contribution in [2.75, 3.05) is 36.0 Å². The molecule has 3 N–H and O–H groups in total. The van der Waals surface area contributed by atoms with Crippen molar-refractivity contribution in [1.82, 2.24) is 15.3 Å². The molecule has 1 aliphatic heterocycles. The van der Waals surface area contributed by atoms with Gasteiger partial charge in [-0.1, -0.05) is 29.3 Å². The average molecular weight is 540 g/mol. The fourth-order valence-electron chi connectivity index (χ4n) is 3.67. The van der Waals surface area contributed by atoms with Crippen molar-refractivity contribution in [3.8, 4) is 11.5 Å². The van der Waals surface area contributed by atoms with Gasteiger partial charge in [0.1, 0.15) is 12.1 Å². The van der Waals surface area contributed by atoms with Crippen LogP contribution in [-0.4, -0.2) is 55.8 Å². The van der Waals surface area contributed by atoms with Gasteiger partial charge in [-0.15, -0.1) is 0 Å². The maximum Gasteiger partial charge on any atom is 0.324 e. The van der Waals surface area contributed by atoms with Crippen molar-refractivity contribution < 1.29 is 22.7 Å². The van der Waals surface area contributed by atoms with Gasteiger partial charge in [0.25, 0.3) is 0 Å². The number of para-hydroxylation sites is 1. The number of hydrogen-bond acceptors (Lipinski definition) is 8. The summed E-state index contributed by atoms with van der Waals surface area (Å²) in [5.41, 5.74) is 0.816. The maximum absolute atomic E-state index is 12.6. The summed E-state index contributed by atoms with van der Waals surface area (Å²) in [5.74, 6) is 1.34. The molecule has 0 saturated carbocycles. The Morgan fingerprint density at radius 2 is 1.94 bits per heavy atom. The Morgan fingerprint density at radius 1 is 1.17 bits per heavy atom. The fraction of sp³-hybridized carbons (Fsp3) is 0.318. The highest BCUT2D eigenvalue weighted by Crippen LogP contribution is 2.34. The summed E-state index contributed by atoms with van der Waals surface area (Å²) in [4.78, 5) is 21.0. The molecule has 4 rings (SSSR count). The molecule has 0 radical (unpaired) electrons. The second kappa shape index (κ2) is 10.8. The van der Waals surface area contributed by atoms with Crippen LogP contribution in [-0.2, 0) is 9.84 Å². The summed E-state index contributed by atoms with van der Waals surface area (Å²) in [5, 5.41) is 9.43. The fourth-order valence-corrected chi connectivity index (χ4v) is 5.67. The first-order chi connectivity index (χ1) is 16.8. The molecule has 10 nitrogen and oxygen atoms in total. The largest absolute Gasteiger partial charge is 0.493 e. The number of halogens is 2. The first-order valence-corrected chi connectivity index (χ1v) is 13.2. The molecule has 2 heterocycles. The lowest BCUT2D eigenvalue weighted by Gasteiger charge is -2.15. The van der Waals surface area contributed by atoms with Gasteiger partial charge >= 0.3 is 6.03 Å². The van der Waals surface area contributed by atoms with E-state index in [4.69, 9.17) is 32.7 Å². The number of sulfone groups is 1. The molecular weight excluding hydrogens is 517 g/mol. The number of nitrogens with one attached hydrogen (secondary N) is 3. The Kier molecular flexibility index (Phi) is 7.80. The van der Waals surface area contributed by atoms with Gasteiger partial charge in [0.05, 0.1) is 46.6 Å². The van der Waals surface area contributed by atoms with E-state index in [2.05, 4.69) is 25.9 Å². The van der Waals surface area contributed by atoms with Gasteiger partial charge in [0.2, 0.25) is 0 Å². The van der Waals surface area contributed by atoms with Crippen molar-refractivity contribution in [1.29, 1.82) is 0 Å². The second-order valence-electron chi connectivity index (χ2n) is 7.86. The number of anilines is 2. The molecule has 1 saturated heterocycles. The summed E-state index contributed by atoms with van der Waals surface area (Å²) < 4.78 is 34.5. The molecule has 1 aromatic heterocycles. The second-order valence-corrected chi connectivity index (χ2v) is 10.8. The van der Waals surface area contributed by atoms with Crippen LogP contribution < -0.4 is 25.4 Å². The summed E-state index contributed by atoms with van der Waals surface area (Å²) in [7, 11) is -1.48. The maximum atomic E-state index is 12.6. The molecule has 2 aromatic carbocycles. The van der Waals surface area contributed by atoms with Crippen molar-refractivity contribution in [3.05, 3.63) is 46.7 Å². The van der Waals surface area contributed by atoms with E-state index in [1.807, 2.05) is 0 Å². The van der Waals surface area contributed by atoms with E-state index < -0.39 is 15.9 Å². The number of fused-ring (bicyclic) bond motifs is 1. The predicted octanol–water partition coefficient (Wildman–Crippen LogP) is 4.09. The zero-order chi connectivity index (χ0) is 25.0. The van der Waals surface area contributed by atoms with Crippen LogP contribution in [0.5, 0.6) is 11.5 Å². The normalized spacial score (nSPS) is 16.7. The summed E-state index contributed by atoms with van der Waals surface area (Å²) >= 11 is 12.2. The smallest absolute Gasteiger partial charge is 0.324 e.